The Morgan fingerprint density at radius 1 is 1.08 bits per heavy atom. The fourth-order valence-corrected chi connectivity index (χ4v) is 3.46. The van der Waals surface area contributed by atoms with Crippen molar-refractivity contribution in [2.75, 3.05) is 6.54 Å². The molecule has 1 amide bonds. The van der Waals surface area contributed by atoms with Crippen molar-refractivity contribution >= 4 is 5.91 Å². The first kappa shape index (κ1) is 14.7. The van der Waals surface area contributed by atoms with E-state index >= 15 is 0 Å². The van der Waals surface area contributed by atoms with Crippen LogP contribution in [0.15, 0.2) is 73.3 Å². The van der Waals surface area contributed by atoms with Crippen molar-refractivity contribution in [1.82, 2.24) is 14.5 Å². The summed E-state index contributed by atoms with van der Waals surface area (Å²) in [6.45, 7) is 1.07. The predicted octanol–water partition coefficient (Wildman–Crippen LogP) is 3.06. The molecule has 2 heterocycles. The Hall–Kier alpha value is -2.88. The SMILES string of the molecule is O=C(Cn1ccnc1)N1CCc2ccccc2[C@H]1c1ccccc1. The molecule has 0 fully saturated rings. The van der Waals surface area contributed by atoms with E-state index < -0.39 is 0 Å². The molecule has 4 heteroatoms. The van der Waals surface area contributed by atoms with Gasteiger partial charge in [0.25, 0.3) is 0 Å². The molecule has 4 rings (SSSR count). The van der Waals surface area contributed by atoms with E-state index in [0.29, 0.717) is 6.54 Å². The molecule has 0 saturated heterocycles. The highest BCUT2D eigenvalue weighted by molar-refractivity contribution is 5.77. The van der Waals surface area contributed by atoms with Gasteiger partial charge >= 0.3 is 0 Å². The molecule has 120 valence electrons. The topological polar surface area (TPSA) is 38.1 Å². The van der Waals surface area contributed by atoms with Gasteiger partial charge in [-0.15, -0.1) is 0 Å². The molecule has 1 aromatic heterocycles. The lowest BCUT2D eigenvalue weighted by molar-refractivity contribution is -0.133. The molecule has 4 nitrogen and oxygen atoms in total. The van der Waals surface area contributed by atoms with Crippen LogP contribution in [0.3, 0.4) is 0 Å². The van der Waals surface area contributed by atoms with E-state index in [4.69, 9.17) is 0 Å². The maximum absolute atomic E-state index is 12.9. The molecule has 0 N–H and O–H groups in total. The molecule has 0 aliphatic carbocycles. The van der Waals surface area contributed by atoms with Gasteiger partial charge in [0.05, 0.1) is 12.4 Å². The molecular weight excluding hydrogens is 298 g/mol. The Morgan fingerprint density at radius 2 is 1.88 bits per heavy atom. The normalized spacial score (nSPS) is 16.7. The fourth-order valence-electron chi connectivity index (χ4n) is 3.46. The summed E-state index contributed by atoms with van der Waals surface area (Å²) in [5, 5.41) is 0. The lowest BCUT2D eigenvalue weighted by Crippen LogP contribution is -2.42. The van der Waals surface area contributed by atoms with Crippen molar-refractivity contribution in [2.45, 2.75) is 19.0 Å². The van der Waals surface area contributed by atoms with Gasteiger partial charge in [-0.05, 0) is 23.1 Å². The van der Waals surface area contributed by atoms with Crippen molar-refractivity contribution in [3.8, 4) is 0 Å². The number of nitrogens with zero attached hydrogens (tertiary/aromatic N) is 3. The molecule has 1 aliphatic rings. The number of aromatic nitrogens is 2. The first-order valence-corrected chi connectivity index (χ1v) is 8.21. The second-order valence-corrected chi connectivity index (χ2v) is 6.08. The molecule has 0 radical (unpaired) electrons. The summed E-state index contributed by atoms with van der Waals surface area (Å²) in [5.74, 6) is 0.122. The zero-order chi connectivity index (χ0) is 16.4. The van der Waals surface area contributed by atoms with Gasteiger partial charge in [-0.1, -0.05) is 54.6 Å². The molecule has 24 heavy (non-hydrogen) atoms. The highest BCUT2D eigenvalue weighted by Crippen LogP contribution is 2.35. The number of hydrogen-bond donors (Lipinski definition) is 0. The number of hydrogen-bond acceptors (Lipinski definition) is 2. The fraction of sp³-hybridized carbons (Fsp3) is 0.200. The third-order valence-electron chi connectivity index (χ3n) is 4.60. The number of benzene rings is 2. The summed E-state index contributed by atoms with van der Waals surface area (Å²) >= 11 is 0. The van der Waals surface area contributed by atoms with Gasteiger partial charge in [-0.2, -0.15) is 0 Å². The van der Waals surface area contributed by atoms with Gasteiger partial charge in [0.1, 0.15) is 6.54 Å². The van der Waals surface area contributed by atoms with Crippen LogP contribution in [0, 0.1) is 0 Å². The van der Waals surface area contributed by atoms with Crippen LogP contribution >= 0.6 is 0 Å². The summed E-state index contributed by atoms with van der Waals surface area (Å²) in [6.07, 6.45) is 6.11. The van der Waals surface area contributed by atoms with E-state index in [-0.39, 0.29) is 11.9 Å². The van der Waals surface area contributed by atoms with Crippen LogP contribution in [0.5, 0.6) is 0 Å². The molecule has 0 spiro atoms. The zero-order valence-electron chi connectivity index (χ0n) is 13.4. The summed E-state index contributed by atoms with van der Waals surface area (Å²) in [5.41, 5.74) is 3.72. The number of carbonyl (C=O) groups excluding carboxylic acids is 1. The van der Waals surface area contributed by atoms with Crippen LogP contribution in [0.1, 0.15) is 22.7 Å². The molecule has 2 aromatic carbocycles. The van der Waals surface area contributed by atoms with Crippen LogP contribution in [-0.4, -0.2) is 26.9 Å². The van der Waals surface area contributed by atoms with Crippen LogP contribution in [0.25, 0.3) is 0 Å². The highest BCUT2D eigenvalue weighted by Gasteiger charge is 2.31. The molecular formula is C20H19N3O. The average Bonchev–Trinajstić information content (AvgIpc) is 3.14. The standard InChI is InChI=1S/C20H19N3O/c24-19(14-22-13-11-21-15-22)23-12-10-16-6-4-5-9-18(16)20(23)17-7-2-1-3-8-17/h1-9,11,13,15,20H,10,12,14H2/t20-/m1/s1. The van der Waals surface area contributed by atoms with Gasteiger partial charge in [-0.3, -0.25) is 4.79 Å². The lowest BCUT2D eigenvalue weighted by Gasteiger charge is -2.38. The van der Waals surface area contributed by atoms with Crippen LogP contribution < -0.4 is 0 Å². The number of carbonyl (C=O) groups is 1. The Morgan fingerprint density at radius 3 is 2.67 bits per heavy atom. The van der Waals surface area contributed by atoms with Crippen LogP contribution in [0.4, 0.5) is 0 Å². The van der Waals surface area contributed by atoms with Crippen molar-refractivity contribution in [1.29, 1.82) is 0 Å². The number of imidazole rings is 1. The minimum atomic E-state index is -0.0211. The molecule has 0 unspecified atom stereocenters. The molecule has 1 aliphatic heterocycles. The molecule has 0 bridgehead atoms. The van der Waals surface area contributed by atoms with E-state index in [0.717, 1.165) is 18.5 Å². The Balaban J connectivity index is 1.72. The first-order valence-electron chi connectivity index (χ1n) is 8.21. The third kappa shape index (κ3) is 2.71. The molecule has 3 aromatic rings. The maximum Gasteiger partial charge on any atom is 0.243 e. The number of fused-ring (bicyclic) bond motifs is 1. The van der Waals surface area contributed by atoms with E-state index in [1.54, 1.807) is 12.5 Å². The summed E-state index contributed by atoms with van der Waals surface area (Å²) in [4.78, 5) is 19.0. The van der Waals surface area contributed by atoms with Crippen molar-refractivity contribution in [2.24, 2.45) is 0 Å². The minimum Gasteiger partial charge on any atom is -0.330 e. The van der Waals surface area contributed by atoms with Gasteiger partial charge in [0.15, 0.2) is 0 Å². The predicted molar refractivity (Wildman–Crippen MR) is 92.4 cm³/mol. The lowest BCUT2D eigenvalue weighted by atomic mass is 9.88. The van der Waals surface area contributed by atoms with Crippen LogP contribution in [0.2, 0.25) is 0 Å². The first-order chi connectivity index (χ1) is 11.8. The van der Waals surface area contributed by atoms with E-state index in [9.17, 15) is 4.79 Å². The Kier molecular flexibility index (Phi) is 3.87. The zero-order valence-corrected chi connectivity index (χ0v) is 13.4. The van der Waals surface area contributed by atoms with E-state index in [1.165, 1.54) is 11.1 Å². The van der Waals surface area contributed by atoms with Crippen molar-refractivity contribution < 1.29 is 4.79 Å². The van der Waals surface area contributed by atoms with Crippen LogP contribution in [-0.2, 0) is 17.8 Å². The monoisotopic (exact) mass is 317 g/mol. The molecule has 1 atom stereocenters. The minimum absolute atomic E-state index is 0.0211. The van der Waals surface area contributed by atoms with Gasteiger partial charge in [-0.25, -0.2) is 4.98 Å². The smallest absolute Gasteiger partial charge is 0.243 e. The third-order valence-corrected chi connectivity index (χ3v) is 4.60. The van der Waals surface area contributed by atoms with Crippen molar-refractivity contribution in [3.63, 3.8) is 0 Å². The molecule has 0 saturated carbocycles. The van der Waals surface area contributed by atoms with Gasteiger partial charge in [0, 0.05) is 18.9 Å². The largest absolute Gasteiger partial charge is 0.330 e. The summed E-state index contributed by atoms with van der Waals surface area (Å²) in [7, 11) is 0. The van der Waals surface area contributed by atoms with E-state index in [2.05, 4.69) is 41.4 Å². The Bertz CT molecular complexity index is 827. The van der Waals surface area contributed by atoms with Crippen molar-refractivity contribution in [3.05, 3.63) is 90.0 Å². The highest BCUT2D eigenvalue weighted by atomic mass is 16.2. The average molecular weight is 317 g/mol. The quantitative estimate of drug-likeness (QED) is 0.744. The van der Waals surface area contributed by atoms with Gasteiger partial charge < -0.3 is 9.47 Å². The summed E-state index contributed by atoms with van der Waals surface area (Å²) in [6, 6.07) is 18.7. The number of rotatable bonds is 3. The van der Waals surface area contributed by atoms with E-state index in [1.807, 2.05) is 33.9 Å². The van der Waals surface area contributed by atoms with Gasteiger partial charge in [0.2, 0.25) is 5.91 Å². The second-order valence-electron chi connectivity index (χ2n) is 6.08. The number of amides is 1. The second kappa shape index (κ2) is 6.32. The maximum atomic E-state index is 12.9. The Labute approximate surface area is 141 Å². The summed E-state index contributed by atoms with van der Waals surface area (Å²) < 4.78 is 1.82.